The maximum Gasteiger partial charge on any atom is 0.326 e. The lowest BCUT2D eigenvalue weighted by Crippen LogP contribution is -2.72. The number of nitrogens with two attached hydrogens (primary N) is 2. The van der Waals surface area contributed by atoms with Crippen molar-refractivity contribution >= 4 is 88.8 Å². The molecule has 1 aromatic carbocycles. The number of aliphatic hydroxyl groups is 2. The fraction of sp³-hybridized carbons (Fsp3) is 0.618. The highest BCUT2D eigenvalue weighted by Crippen LogP contribution is 2.15. The molecular weight excluding hydrogens is 1190 g/mol. The quantitative estimate of drug-likeness (QED) is 0.0270. The van der Waals surface area contributed by atoms with Gasteiger partial charge in [0, 0.05) is 25.2 Å². The van der Waals surface area contributed by atoms with Gasteiger partial charge in [0.1, 0.15) is 60.1 Å². The monoisotopic (exact) mass is 1280 g/mol. The molecule has 0 spiro atoms. The molecule has 35 heteroatoms. The second kappa shape index (κ2) is 39.7. The Labute approximate surface area is 517 Å². The number of primary amides is 2. The number of carbonyl (C=O) groups excluding carboxylic acids is 12. The van der Waals surface area contributed by atoms with Crippen molar-refractivity contribution < 1.29 is 114 Å². The number of carboxylic acids is 3. The molecule has 14 atom stereocenters. The molecule has 0 aliphatic heterocycles. The number of unbranched alkanes of at least 4 members (excludes halogenated alkanes) is 1. The summed E-state index contributed by atoms with van der Waals surface area (Å²) in [6, 6.07) is -11.3. The number of carbonyl (C=O) groups is 15. The standard InChI is InChI=1S/C55H88N14O21/c1-7-25(3)42(59)51(85)69-45(28(6)71)54(88)65-34(21-29-12-14-30(72)15-13-29)48(82)64-35(22-40(76)77)49(83)61-31(11-9-10-20-56)46(80)60-24-39(75)67-43(26(4)8-2)52(86)62-32(16-18-37(57)73)47(81)68-44(27(5)70)53(87)66-36(23-41(78)79)50(84)63-33(55(89)90)17-19-38(58)74/h12-15,25-28,31-36,42-45,70-72H,7-11,16-24,56,59H2,1-6H3,(H2,57,73)(H2,58,74)(H,60,80)(H,61,83)(H,62,86)(H,63,84)(H,64,82)(H,65,88)(H,66,87)(H,67,75)(H,68,81)(H,69,85)(H,76,77)(H,78,79)(H,89,90)/p+2/t25-,26-,27+,28+,31-,32-,33-,34-,35-,36-,42-,43-,44-,45-/m0/s1. The summed E-state index contributed by atoms with van der Waals surface area (Å²) >= 11 is 0. The average Bonchev–Trinajstić information content (AvgIpc) is 1.46. The van der Waals surface area contributed by atoms with Crippen LogP contribution in [0.2, 0.25) is 0 Å². The first-order valence-corrected chi connectivity index (χ1v) is 29.1. The molecule has 0 heterocycles. The van der Waals surface area contributed by atoms with Gasteiger partial charge in [-0.2, -0.15) is 0 Å². The highest BCUT2D eigenvalue weighted by Gasteiger charge is 2.38. The summed E-state index contributed by atoms with van der Waals surface area (Å²) in [6.07, 6.45) is -6.81. The Bertz CT molecular complexity index is 2680. The van der Waals surface area contributed by atoms with Crippen LogP contribution in [-0.4, -0.2) is 205 Å². The number of amides is 12. The van der Waals surface area contributed by atoms with E-state index in [1.165, 1.54) is 38.1 Å². The van der Waals surface area contributed by atoms with Gasteiger partial charge in [0.2, 0.25) is 65.0 Å². The van der Waals surface area contributed by atoms with E-state index in [4.69, 9.17) is 11.5 Å². The molecule has 1 rings (SSSR count). The van der Waals surface area contributed by atoms with Crippen molar-refractivity contribution in [2.24, 2.45) is 23.3 Å². The van der Waals surface area contributed by atoms with Crippen molar-refractivity contribution in [3.63, 3.8) is 0 Å². The number of phenolic OH excluding ortho intramolecular Hbond substituents is 1. The minimum atomic E-state index is -2.03. The third kappa shape index (κ3) is 28.8. The Balaban J connectivity index is 3.47. The molecule has 504 valence electrons. The number of aliphatic hydroxyl groups excluding tert-OH is 2. The molecule has 0 bridgehead atoms. The lowest BCUT2D eigenvalue weighted by atomic mass is 9.97. The van der Waals surface area contributed by atoms with Gasteiger partial charge >= 0.3 is 17.9 Å². The number of phenols is 1. The molecule has 26 N–H and O–H groups in total. The Morgan fingerprint density at radius 1 is 0.478 bits per heavy atom. The Kier molecular flexibility index (Phi) is 34.8. The molecule has 1 aromatic rings. The van der Waals surface area contributed by atoms with E-state index >= 15 is 0 Å². The van der Waals surface area contributed by atoms with E-state index in [2.05, 4.69) is 54.0 Å². The summed E-state index contributed by atoms with van der Waals surface area (Å²) < 4.78 is 0. The van der Waals surface area contributed by atoms with Crippen LogP contribution in [0.15, 0.2) is 24.3 Å². The topological polar surface area (TPSA) is 605 Å². The summed E-state index contributed by atoms with van der Waals surface area (Å²) in [5.74, 6) is -19.1. The number of hydrogen-bond acceptors (Lipinski definition) is 18. The first kappa shape index (κ1) is 78.9. The number of hydrogen-bond donors (Lipinski definition) is 20. The maximum absolute atomic E-state index is 14.1. The molecule has 0 saturated carbocycles. The first-order chi connectivity index (χ1) is 42.1. The largest absolute Gasteiger partial charge is 0.508 e. The van der Waals surface area contributed by atoms with Gasteiger partial charge in [-0.25, -0.2) is 4.79 Å². The van der Waals surface area contributed by atoms with Gasteiger partial charge in [-0.05, 0) is 76.0 Å². The summed E-state index contributed by atoms with van der Waals surface area (Å²) in [5.41, 5.74) is 18.3. The molecule has 0 aliphatic carbocycles. The summed E-state index contributed by atoms with van der Waals surface area (Å²) in [6.45, 7) is 8.41. The molecular formula is C55H90N14O21+2. The van der Waals surface area contributed by atoms with Crippen molar-refractivity contribution in [3.05, 3.63) is 29.8 Å². The highest BCUT2D eigenvalue weighted by atomic mass is 16.4. The zero-order valence-electron chi connectivity index (χ0n) is 51.2. The summed E-state index contributed by atoms with van der Waals surface area (Å²) in [5, 5.41) is 82.8. The van der Waals surface area contributed by atoms with Gasteiger partial charge in [0.25, 0.3) is 5.91 Å². The molecule has 0 unspecified atom stereocenters. The van der Waals surface area contributed by atoms with E-state index < -0.39 is 212 Å². The van der Waals surface area contributed by atoms with E-state index in [-0.39, 0.29) is 37.4 Å². The van der Waals surface area contributed by atoms with Gasteiger partial charge in [-0.15, -0.1) is 0 Å². The molecule has 90 heavy (non-hydrogen) atoms. The van der Waals surface area contributed by atoms with Crippen LogP contribution in [0, 0.1) is 11.8 Å². The van der Waals surface area contributed by atoms with Crippen LogP contribution in [-0.2, 0) is 78.3 Å². The third-order valence-corrected chi connectivity index (χ3v) is 14.3. The fourth-order valence-electron chi connectivity index (χ4n) is 8.42. The third-order valence-electron chi connectivity index (χ3n) is 14.3. The summed E-state index contributed by atoms with van der Waals surface area (Å²) in [7, 11) is 0. The van der Waals surface area contributed by atoms with Crippen LogP contribution >= 0.6 is 0 Å². The number of benzene rings is 1. The predicted octanol–water partition coefficient (Wildman–Crippen LogP) is -8.14. The van der Waals surface area contributed by atoms with Crippen molar-refractivity contribution in [3.8, 4) is 5.75 Å². The van der Waals surface area contributed by atoms with Gasteiger partial charge < -0.3 is 107 Å². The molecule has 0 saturated heterocycles. The van der Waals surface area contributed by atoms with Crippen molar-refractivity contribution in [2.45, 2.75) is 191 Å². The van der Waals surface area contributed by atoms with Crippen molar-refractivity contribution in [1.82, 2.24) is 53.2 Å². The molecule has 0 fully saturated rings. The lowest BCUT2D eigenvalue weighted by Gasteiger charge is -2.29. The van der Waals surface area contributed by atoms with E-state index in [0.29, 0.717) is 24.9 Å². The average molecular weight is 1280 g/mol. The number of aromatic hydroxyl groups is 1. The Morgan fingerprint density at radius 2 is 0.878 bits per heavy atom. The normalized spacial score (nSPS) is 15.7. The number of aliphatic carboxylic acids is 3. The van der Waals surface area contributed by atoms with Gasteiger partial charge in [0.15, 0.2) is 6.04 Å². The minimum Gasteiger partial charge on any atom is -0.508 e. The van der Waals surface area contributed by atoms with Gasteiger partial charge in [-0.3, -0.25) is 67.1 Å². The zero-order valence-corrected chi connectivity index (χ0v) is 51.2. The van der Waals surface area contributed by atoms with Gasteiger partial charge in [-0.1, -0.05) is 46.2 Å². The van der Waals surface area contributed by atoms with Crippen LogP contribution in [0.5, 0.6) is 5.75 Å². The van der Waals surface area contributed by atoms with Crippen molar-refractivity contribution in [2.75, 3.05) is 13.1 Å². The zero-order chi connectivity index (χ0) is 68.7. The van der Waals surface area contributed by atoms with Crippen LogP contribution in [0.3, 0.4) is 0 Å². The van der Waals surface area contributed by atoms with Crippen LogP contribution in [0.1, 0.15) is 118 Å². The van der Waals surface area contributed by atoms with Crippen LogP contribution in [0.25, 0.3) is 0 Å². The maximum atomic E-state index is 14.1. The number of carboxylic acid groups (broad SMARTS) is 3. The van der Waals surface area contributed by atoms with Gasteiger partial charge in [0.05, 0.1) is 38.1 Å². The second-order valence-corrected chi connectivity index (χ2v) is 21.7. The number of nitrogens with one attached hydrogen (secondary N) is 10. The highest BCUT2D eigenvalue weighted by molar-refractivity contribution is 6.00. The second-order valence-electron chi connectivity index (χ2n) is 21.7. The lowest BCUT2D eigenvalue weighted by molar-refractivity contribution is -0.415. The van der Waals surface area contributed by atoms with E-state index in [1.54, 1.807) is 13.8 Å². The van der Waals surface area contributed by atoms with E-state index in [0.717, 1.165) is 6.92 Å². The first-order valence-electron chi connectivity index (χ1n) is 29.1. The molecule has 0 radical (unpaired) electrons. The molecule has 0 aromatic heterocycles. The Morgan fingerprint density at radius 3 is 1.33 bits per heavy atom. The SMILES string of the molecule is CC[C@H](C)[C@H]([NH3+])C(=O)N[C@H](C(=O)N[C@@H](Cc1ccc(O)cc1)C(=O)N[C@@H](CC(=O)O)C(=O)N[C@@H](CCCC[NH3+])C(=O)NCC(=O)N[C@H](C(=O)N[C@@H](CCC(N)=O)C(=O)N[C@H](C(=O)N[C@@H](CC(=O)O)C(=O)N[C@@H](CCC(N)=O)C(=O)O)[C@@H](C)O)[C@@H](C)CC)[C@@H](C)O. The molecule has 35 nitrogen and oxygen atoms in total. The molecule has 12 amide bonds. The number of quaternary nitrogens is 2. The van der Waals surface area contributed by atoms with Crippen LogP contribution < -0.4 is 76.1 Å². The summed E-state index contributed by atoms with van der Waals surface area (Å²) in [4.78, 5) is 196. The minimum absolute atomic E-state index is 0.130. The Hall–Kier alpha value is -9.09. The van der Waals surface area contributed by atoms with E-state index in [1.807, 2.05) is 17.6 Å². The smallest absolute Gasteiger partial charge is 0.326 e. The number of rotatable bonds is 43. The van der Waals surface area contributed by atoms with Crippen LogP contribution in [0.4, 0.5) is 0 Å². The fourth-order valence-corrected chi connectivity index (χ4v) is 8.42. The predicted molar refractivity (Wildman–Crippen MR) is 312 cm³/mol. The van der Waals surface area contributed by atoms with Crippen molar-refractivity contribution in [1.29, 1.82) is 0 Å². The van der Waals surface area contributed by atoms with E-state index in [9.17, 15) is 103 Å². The molecule has 0 aliphatic rings.